The van der Waals surface area contributed by atoms with Gasteiger partial charge in [0.15, 0.2) is 0 Å². The molecule has 1 rings (SSSR count). The molecule has 0 bridgehead atoms. The number of aliphatic hydroxyl groups is 1. The van der Waals surface area contributed by atoms with Crippen LogP contribution >= 0.6 is 0 Å². The van der Waals surface area contributed by atoms with Gasteiger partial charge in [-0.3, -0.25) is 4.98 Å². The summed E-state index contributed by atoms with van der Waals surface area (Å²) in [5.74, 6) is 0. The molecule has 0 aromatic carbocycles. The topological polar surface area (TPSA) is 33.1 Å². The summed E-state index contributed by atoms with van der Waals surface area (Å²) in [6, 6.07) is 0. The number of hydrogen-bond acceptors (Lipinski definition) is 2. The van der Waals surface area contributed by atoms with Crippen LogP contribution in [0.1, 0.15) is 16.7 Å². The SMILES string of the molecule is OCc1c(C(F)(F)F)cncc1C(F)(F)F. The third-order valence-electron chi connectivity index (χ3n) is 1.83. The molecule has 90 valence electrons. The molecule has 2 nitrogen and oxygen atoms in total. The highest BCUT2D eigenvalue weighted by Crippen LogP contribution is 2.38. The fraction of sp³-hybridized carbons (Fsp3) is 0.375. The van der Waals surface area contributed by atoms with Crippen LogP contribution in [0.2, 0.25) is 0 Å². The smallest absolute Gasteiger partial charge is 0.392 e. The van der Waals surface area contributed by atoms with Crippen molar-refractivity contribution in [3.05, 3.63) is 29.1 Å². The van der Waals surface area contributed by atoms with Gasteiger partial charge in [0.2, 0.25) is 0 Å². The Morgan fingerprint density at radius 3 is 1.56 bits per heavy atom. The van der Waals surface area contributed by atoms with Crippen LogP contribution in [0.25, 0.3) is 0 Å². The minimum Gasteiger partial charge on any atom is -0.392 e. The Hall–Kier alpha value is -1.31. The number of hydrogen-bond donors (Lipinski definition) is 1. The van der Waals surface area contributed by atoms with E-state index in [1.807, 2.05) is 0 Å². The van der Waals surface area contributed by atoms with Crippen LogP contribution < -0.4 is 0 Å². The zero-order valence-corrected chi connectivity index (χ0v) is 7.52. The quantitative estimate of drug-likeness (QED) is 0.771. The second kappa shape index (κ2) is 3.93. The Kier molecular flexibility index (Phi) is 3.13. The number of aliphatic hydroxyl groups excluding tert-OH is 1. The van der Waals surface area contributed by atoms with Gasteiger partial charge in [0, 0.05) is 18.0 Å². The molecular weight excluding hydrogens is 240 g/mol. The molecule has 16 heavy (non-hydrogen) atoms. The van der Waals surface area contributed by atoms with Gasteiger partial charge in [0.25, 0.3) is 0 Å². The lowest BCUT2D eigenvalue weighted by molar-refractivity contribution is -0.145. The van der Waals surface area contributed by atoms with Gasteiger partial charge in [-0.25, -0.2) is 0 Å². The number of aromatic nitrogens is 1. The first-order valence-electron chi connectivity index (χ1n) is 3.90. The van der Waals surface area contributed by atoms with Gasteiger partial charge < -0.3 is 5.11 Å². The summed E-state index contributed by atoms with van der Waals surface area (Å²) in [7, 11) is 0. The first kappa shape index (κ1) is 12.8. The molecule has 1 aromatic heterocycles. The summed E-state index contributed by atoms with van der Waals surface area (Å²) >= 11 is 0. The van der Waals surface area contributed by atoms with Crippen LogP contribution in [0.15, 0.2) is 12.4 Å². The van der Waals surface area contributed by atoms with Crippen LogP contribution in [-0.2, 0) is 19.0 Å². The summed E-state index contributed by atoms with van der Waals surface area (Å²) < 4.78 is 73.7. The number of pyridine rings is 1. The molecule has 0 aliphatic heterocycles. The third-order valence-corrected chi connectivity index (χ3v) is 1.83. The highest BCUT2D eigenvalue weighted by atomic mass is 19.4. The van der Waals surface area contributed by atoms with Gasteiger partial charge in [-0.2, -0.15) is 26.3 Å². The van der Waals surface area contributed by atoms with Gasteiger partial charge in [-0.15, -0.1) is 0 Å². The monoisotopic (exact) mass is 245 g/mol. The lowest BCUT2D eigenvalue weighted by Crippen LogP contribution is -2.17. The molecule has 1 aromatic rings. The maximum atomic E-state index is 12.3. The molecule has 0 unspecified atom stereocenters. The van der Waals surface area contributed by atoms with Crippen LogP contribution in [-0.4, -0.2) is 10.1 Å². The van der Waals surface area contributed by atoms with Crippen molar-refractivity contribution in [3.63, 3.8) is 0 Å². The van der Waals surface area contributed by atoms with E-state index >= 15 is 0 Å². The average Bonchev–Trinajstić information content (AvgIpc) is 2.13. The third kappa shape index (κ3) is 2.43. The molecule has 0 aliphatic carbocycles. The van der Waals surface area contributed by atoms with Crippen molar-refractivity contribution in [2.75, 3.05) is 0 Å². The second-order valence-electron chi connectivity index (χ2n) is 2.87. The maximum absolute atomic E-state index is 12.3. The fourth-order valence-corrected chi connectivity index (χ4v) is 1.15. The van der Waals surface area contributed by atoms with Crippen molar-refractivity contribution in [1.82, 2.24) is 4.98 Å². The van der Waals surface area contributed by atoms with E-state index in [2.05, 4.69) is 4.98 Å². The first-order chi connectivity index (χ1) is 7.18. The Morgan fingerprint density at radius 2 is 1.31 bits per heavy atom. The van der Waals surface area contributed by atoms with Crippen LogP contribution in [0, 0.1) is 0 Å². The highest BCUT2D eigenvalue weighted by Gasteiger charge is 2.40. The molecule has 0 fully saturated rings. The molecule has 0 saturated carbocycles. The van der Waals surface area contributed by atoms with E-state index in [9.17, 15) is 26.3 Å². The van der Waals surface area contributed by atoms with E-state index in [0.29, 0.717) is 0 Å². The van der Waals surface area contributed by atoms with E-state index in [-0.39, 0.29) is 12.4 Å². The van der Waals surface area contributed by atoms with Crippen LogP contribution in [0.4, 0.5) is 26.3 Å². The number of rotatable bonds is 1. The molecule has 1 heterocycles. The number of nitrogens with zero attached hydrogens (tertiary/aromatic N) is 1. The summed E-state index contributed by atoms with van der Waals surface area (Å²) in [5.41, 5.74) is -4.37. The van der Waals surface area contributed by atoms with Crippen molar-refractivity contribution in [3.8, 4) is 0 Å². The Balaban J connectivity index is 3.45. The standard InChI is InChI=1S/C8H5F6NO/c9-7(10,11)5-1-15-2-6(4(5)3-16)8(12,13)14/h1-2,16H,3H2. The maximum Gasteiger partial charge on any atom is 0.418 e. The minimum absolute atomic E-state index is 0.251. The van der Waals surface area contributed by atoms with Gasteiger partial charge in [-0.1, -0.05) is 0 Å². The van der Waals surface area contributed by atoms with E-state index in [4.69, 9.17) is 5.11 Å². The Labute approximate surface area is 85.5 Å². The summed E-state index contributed by atoms with van der Waals surface area (Å²) in [6.07, 6.45) is -9.46. The molecule has 0 atom stereocenters. The van der Waals surface area contributed by atoms with Crippen LogP contribution in [0.5, 0.6) is 0 Å². The van der Waals surface area contributed by atoms with Crippen molar-refractivity contribution in [2.24, 2.45) is 0 Å². The summed E-state index contributed by atoms with van der Waals surface area (Å²) in [6.45, 7) is -1.35. The van der Waals surface area contributed by atoms with Crippen molar-refractivity contribution < 1.29 is 31.4 Å². The van der Waals surface area contributed by atoms with E-state index in [1.165, 1.54) is 0 Å². The second-order valence-corrected chi connectivity index (χ2v) is 2.87. The zero-order valence-electron chi connectivity index (χ0n) is 7.52. The molecule has 0 saturated heterocycles. The predicted molar refractivity (Wildman–Crippen MR) is 40.2 cm³/mol. The lowest BCUT2D eigenvalue weighted by atomic mass is 10.0. The average molecular weight is 245 g/mol. The van der Waals surface area contributed by atoms with Crippen molar-refractivity contribution in [2.45, 2.75) is 19.0 Å². The van der Waals surface area contributed by atoms with Gasteiger partial charge in [-0.05, 0) is 0 Å². The number of halogens is 6. The molecule has 0 radical (unpaired) electrons. The summed E-state index contributed by atoms with van der Waals surface area (Å²) in [5, 5.41) is 8.60. The van der Waals surface area contributed by atoms with Crippen LogP contribution in [0.3, 0.4) is 0 Å². The molecule has 8 heteroatoms. The first-order valence-corrected chi connectivity index (χ1v) is 3.90. The fourth-order valence-electron chi connectivity index (χ4n) is 1.15. The predicted octanol–water partition coefficient (Wildman–Crippen LogP) is 2.61. The van der Waals surface area contributed by atoms with E-state index in [1.54, 1.807) is 0 Å². The molecule has 0 amide bonds. The van der Waals surface area contributed by atoms with Gasteiger partial charge >= 0.3 is 12.4 Å². The van der Waals surface area contributed by atoms with Crippen molar-refractivity contribution in [1.29, 1.82) is 0 Å². The number of alkyl halides is 6. The largest absolute Gasteiger partial charge is 0.418 e. The van der Waals surface area contributed by atoms with E-state index < -0.39 is 35.6 Å². The van der Waals surface area contributed by atoms with Gasteiger partial charge in [0.05, 0.1) is 17.7 Å². The molecule has 1 N–H and O–H groups in total. The Bertz CT molecular complexity index is 351. The molecule has 0 aliphatic rings. The minimum atomic E-state index is -4.98. The molecule has 0 spiro atoms. The molecular formula is C8H5F6NO. The summed E-state index contributed by atoms with van der Waals surface area (Å²) in [4.78, 5) is 2.88. The van der Waals surface area contributed by atoms with E-state index in [0.717, 1.165) is 0 Å². The van der Waals surface area contributed by atoms with Gasteiger partial charge in [0.1, 0.15) is 0 Å². The zero-order chi connectivity index (χ0) is 12.6. The highest BCUT2D eigenvalue weighted by molar-refractivity contribution is 5.35. The van der Waals surface area contributed by atoms with Crippen molar-refractivity contribution >= 4 is 0 Å². The normalized spacial score (nSPS) is 12.9. The lowest BCUT2D eigenvalue weighted by Gasteiger charge is -2.16. The Morgan fingerprint density at radius 1 is 0.938 bits per heavy atom.